The van der Waals surface area contributed by atoms with Crippen LogP contribution in [0.25, 0.3) is 10.9 Å². The third-order valence-corrected chi connectivity index (χ3v) is 3.39. The van der Waals surface area contributed by atoms with E-state index in [2.05, 4.69) is 41.7 Å². The molecule has 1 aromatic heterocycles. The largest absolute Gasteiger partial charge is 0.368 e. The van der Waals surface area contributed by atoms with Crippen LogP contribution in [0.4, 0.5) is 5.82 Å². The number of aromatic nitrogens is 1. The molecule has 17 heavy (non-hydrogen) atoms. The summed E-state index contributed by atoms with van der Waals surface area (Å²) in [5, 5.41) is 4.63. The molecule has 1 unspecified atom stereocenters. The van der Waals surface area contributed by atoms with Gasteiger partial charge in [-0.15, -0.1) is 0 Å². The van der Waals surface area contributed by atoms with Gasteiger partial charge in [0.1, 0.15) is 5.82 Å². The lowest BCUT2D eigenvalue weighted by Crippen LogP contribution is -2.16. The predicted octanol–water partition coefficient (Wildman–Crippen LogP) is 3.79. The van der Waals surface area contributed by atoms with Gasteiger partial charge >= 0.3 is 0 Å². The molecule has 0 aliphatic carbocycles. The summed E-state index contributed by atoms with van der Waals surface area (Å²) in [6.07, 6.45) is 3.30. The van der Waals surface area contributed by atoms with Gasteiger partial charge < -0.3 is 5.32 Å². The van der Waals surface area contributed by atoms with Crippen molar-refractivity contribution in [1.82, 2.24) is 4.98 Å². The minimum absolute atomic E-state index is 0.469. The van der Waals surface area contributed by atoms with Crippen LogP contribution in [0.2, 0.25) is 0 Å². The van der Waals surface area contributed by atoms with E-state index in [9.17, 15) is 0 Å². The Morgan fingerprint density at radius 3 is 2.88 bits per heavy atom. The SMILES string of the molecule is CSCCC(C)Nc1ccc2ccccc2n1. The van der Waals surface area contributed by atoms with Crippen LogP contribution in [-0.4, -0.2) is 23.0 Å². The number of fused-ring (bicyclic) bond motifs is 1. The van der Waals surface area contributed by atoms with Gasteiger partial charge in [0, 0.05) is 11.4 Å². The number of nitrogens with one attached hydrogen (secondary N) is 1. The Labute approximate surface area is 107 Å². The fourth-order valence-corrected chi connectivity index (χ4v) is 2.35. The summed E-state index contributed by atoms with van der Waals surface area (Å²) in [5.74, 6) is 2.15. The maximum Gasteiger partial charge on any atom is 0.126 e. The molecule has 1 N–H and O–H groups in total. The van der Waals surface area contributed by atoms with Crippen LogP contribution in [0.3, 0.4) is 0 Å². The normalized spacial score (nSPS) is 12.6. The summed E-state index contributed by atoms with van der Waals surface area (Å²) in [6.45, 7) is 2.20. The van der Waals surface area contributed by atoms with E-state index in [1.807, 2.05) is 30.0 Å². The molecule has 0 aliphatic rings. The topological polar surface area (TPSA) is 24.9 Å². The van der Waals surface area contributed by atoms with E-state index in [1.54, 1.807) is 0 Å². The maximum atomic E-state index is 4.61. The number of rotatable bonds is 5. The van der Waals surface area contributed by atoms with Crippen LogP contribution < -0.4 is 5.32 Å². The van der Waals surface area contributed by atoms with Gasteiger partial charge in [-0.25, -0.2) is 4.98 Å². The van der Waals surface area contributed by atoms with E-state index in [4.69, 9.17) is 0 Å². The van der Waals surface area contributed by atoms with Gasteiger partial charge in [-0.2, -0.15) is 11.8 Å². The van der Waals surface area contributed by atoms with Crippen molar-refractivity contribution in [3.63, 3.8) is 0 Å². The molecule has 3 heteroatoms. The number of para-hydroxylation sites is 1. The molecule has 2 nitrogen and oxygen atoms in total. The summed E-state index contributed by atoms with van der Waals surface area (Å²) in [6, 6.07) is 12.8. The van der Waals surface area contributed by atoms with Crippen LogP contribution >= 0.6 is 11.8 Å². The van der Waals surface area contributed by atoms with Crippen LogP contribution in [-0.2, 0) is 0 Å². The van der Waals surface area contributed by atoms with E-state index in [0.29, 0.717) is 6.04 Å². The number of nitrogens with zero attached hydrogens (tertiary/aromatic N) is 1. The van der Waals surface area contributed by atoms with E-state index < -0.39 is 0 Å². The van der Waals surface area contributed by atoms with Crippen molar-refractivity contribution < 1.29 is 0 Å². The number of hydrogen-bond donors (Lipinski definition) is 1. The monoisotopic (exact) mass is 246 g/mol. The second kappa shape index (κ2) is 5.92. The van der Waals surface area contributed by atoms with Crippen molar-refractivity contribution in [1.29, 1.82) is 0 Å². The highest BCUT2D eigenvalue weighted by Crippen LogP contribution is 2.15. The van der Waals surface area contributed by atoms with Crippen molar-refractivity contribution in [2.75, 3.05) is 17.3 Å². The van der Waals surface area contributed by atoms with Gasteiger partial charge in [-0.05, 0) is 43.6 Å². The Morgan fingerprint density at radius 2 is 2.06 bits per heavy atom. The number of benzene rings is 1. The first-order chi connectivity index (χ1) is 8.29. The lowest BCUT2D eigenvalue weighted by molar-refractivity contribution is 0.768. The molecule has 1 atom stereocenters. The fourth-order valence-electron chi connectivity index (χ4n) is 1.77. The molecule has 0 saturated carbocycles. The summed E-state index contributed by atoms with van der Waals surface area (Å²) >= 11 is 1.88. The Kier molecular flexibility index (Phi) is 4.26. The third kappa shape index (κ3) is 3.37. The minimum atomic E-state index is 0.469. The first-order valence-electron chi connectivity index (χ1n) is 5.91. The Hall–Kier alpha value is -1.22. The average Bonchev–Trinajstić information content (AvgIpc) is 2.36. The lowest BCUT2D eigenvalue weighted by Gasteiger charge is -2.14. The minimum Gasteiger partial charge on any atom is -0.368 e. The fraction of sp³-hybridized carbons (Fsp3) is 0.357. The van der Waals surface area contributed by atoms with E-state index >= 15 is 0 Å². The molecule has 2 aromatic rings. The molecule has 0 aliphatic heterocycles. The number of pyridine rings is 1. The van der Waals surface area contributed by atoms with Crippen LogP contribution in [0.5, 0.6) is 0 Å². The summed E-state index contributed by atoms with van der Waals surface area (Å²) in [7, 11) is 0. The molecule has 0 bridgehead atoms. The standard InChI is InChI=1S/C14H18N2S/c1-11(9-10-17-2)15-14-8-7-12-5-3-4-6-13(12)16-14/h3-8,11H,9-10H2,1-2H3,(H,15,16). The summed E-state index contributed by atoms with van der Waals surface area (Å²) in [4.78, 5) is 4.61. The number of thioether (sulfide) groups is 1. The molecule has 0 amide bonds. The molecule has 0 saturated heterocycles. The number of hydrogen-bond acceptors (Lipinski definition) is 3. The van der Waals surface area contributed by atoms with Crippen LogP contribution in [0.15, 0.2) is 36.4 Å². The molecule has 1 heterocycles. The van der Waals surface area contributed by atoms with Crippen molar-refractivity contribution in [2.45, 2.75) is 19.4 Å². The van der Waals surface area contributed by atoms with Gasteiger partial charge in [0.25, 0.3) is 0 Å². The molecular weight excluding hydrogens is 228 g/mol. The molecule has 90 valence electrons. The third-order valence-electron chi connectivity index (χ3n) is 2.75. The quantitative estimate of drug-likeness (QED) is 0.869. The first kappa shape index (κ1) is 12.2. The van der Waals surface area contributed by atoms with E-state index in [-0.39, 0.29) is 0 Å². The molecule has 2 rings (SSSR count). The average molecular weight is 246 g/mol. The highest BCUT2D eigenvalue weighted by atomic mass is 32.2. The Balaban J connectivity index is 2.08. The maximum absolute atomic E-state index is 4.61. The lowest BCUT2D eigenvalue weighted by atomic mass is 10.2. The Bertz CT molecular complexity index is 484. The molecule has 0 fully saturated rings. The smallest absolute Gasteiger partial charge is 0.126 e. The van der Waals surface area contributed by atoms with Gasteiger partial charge in [0.2, 0.25) is 0 Å². The van der Waals surface area contributed by atoms with E-state index in [0.717, 1.165) is 17.8 Å². The Morgan fingerprint density at radius 1 is 1.24 bits per heavy atom. The van der Waals surface area contributed by atoms with Crippen LogP contribution in [0, 0.1) is 0 Å². The zero-order chi connectivity index (χ0) is 12.1. The second-order valence-corrected chi connectivity index (χ2v) is 5.20. The summed E-state index contributed by atoms with van der Waals surface area (Å²) < 4.78 is 0. The first-order valence-corrected chi connectivity index (χ1v) is 7.30. The highest BCUT2D eigenvalue weighted by Gasteiger charge is 2.03. The zero-order valence-corrected chi connectivity index (χ0v) is 11.1. The van der Waals surface area contributed by atoms with Gasteiger partial charge in [-0.3, -0.25) is 0 Å². The summed E-state index contributed by atoms with van der Waals surface area (Å²) in [5.41, 5.74) is 1.05. The number of anilines is 1. The zero-order valence-electron chi connectivity index (χ0n) is 10.3. The van der Waals surface area contributed by atoms with E-state index in [1.165, 1.54) is 11.1 Å². The highest BCUT2D eigenvalue weighted by molar-refractivity contribution is 7.98. The van der Waals surface area contributed by atoms with Gasteiger partial charge in [0.05, 0.1) is 5.52 Å². The molecule has 0 radical (unpaired) electrons. The van der Waals surface area contributed by atoms with Crippen molar-refractivity contribution in [3.8, 4) is 0 Å². The van der Waals surface area contributed by atoms with Crippen LogP contribution in [0.1, 0.15) is 13.3 Å². The van der Waals surface area contributed by atoms with Crippen molar-refractivity contribution in [2.24, 2.45) is 0 Å². The van der Waals surface area contributed by atoms with Gasteiger partial charge in [0.15, 0.2) is 0 Å². The van der Waals surface area contributed by atoms with Crippen molar-refractivity contribution >= 4 is 28.5 Å². The molecular formula is C14H18N2S. The predicted molar refractivity (Wildman–Crippen MR) is 77.8 cm³/mol. The van der Waals surface area contributed by atoms with Crippen molar-refractivity contribution in [3.05, 3.63) is 36.4 Å². The molecule has 0 spiro atoms. The molecule has 1 aromatic carbocycles. The van der Waals surface area contributed by atoms with Gasteiger partial charge in [-0.1, -0.05) is 18.2 Å². The second-order valence-electron chi connectivity index (χ2n) is 4.22.